The van der Waals surface area contributed by atoms with E-state index < -0.39 is 17.7 Å². The summed E-state index contributed by atoms with van der Waals surface area (Å²) in [5, 5.41) is 16.0. The standard InChI is InChI=1S/C17H16FN5O2/c1-9-3-4-11-5-6-13(8-12(11)7-9)20-17(24)22-16-19-10(2)14(18)15(21-16)23-25/h3-8,25H,1-2H3,(H3,19,20,21,22,23,24). The fourth-order valence-corrected chi connectivity index (χ4v) is 2.40. The number of benzene rings is 2. The molecule has 7 nitrogen and oxygen atoms in total. The molecule has 0 fully saturated rings. The molecule has 0 saturated heterocycles. The lowest BCUT2D eigenvalue weighted by Crippen LogP contribution is -2.21. The van der Waals surface area contributed by atoms with E-state index in [-0.39, 0.29) is 11.6 Å². The molecule has 1 heterocycles. The van der Waals surface area contributed by atoms with Crippen LogP contribution in [0.3, 0.4) is 0 Å². The van der Waals surface area contributed by atoms with Crippen LogP contribution in [-0.4, -0.2) is 21.2 Å². The Morgan fingerprint density at radius 3 is 2.56 bits per heavy atom. The predicted octanol–water partition coefficient (Wildman–Crippen LogP) is 3.83. The molecule has 0 radical (unpaired) electrons. The number of amides is 2. The third-order valence-corrected chi connectivity index (χ3v) is 3.60. The minimum absolute atomic E-state index is 0.0111. The molecule has 0 atom stereocenters. The largest absolute Gasteiger partial charge is 0.326 e. The van der Waals surface area contributed by atoms with E-state index in [1.165, 1.54) is 6.92 Å². The van der Waals surface area contributed by atoms with Crippen LogP contribution in [-0.2, 0) is 0 Å². The molecule has 2 amide bonds. The molecule has 3 rings (SSSR count). The average Bonchev–Trinajstić information content (AvgIpc) is 2.57. The summed E-state index contributed by atoms with van der Waals surface area (Å²) in [7, 11) is 0. The van der Waals surface area contributed by atoms with E-state index in [9.17, 15) is 9.18 Å². The maximum atomic E-state index is 13.6. The molecule has 2 aromatic carbocycles. The predicted molar refractivity (Wildman–Crippen MR) is 93.5 cm³/mol. The lowest BCUT2D eigenvalue weighted by Gasteiger charge is -2.10. The first-order valence-corrected chi connectivity index (χ1v) is 7.49. The van der Waals surface area contributed by atoms with Gasteiger partial charge in [0.2, 0.25) is 5.95 Å². The molecule has 4 N–H and O–H groups in total. The molecule has 0 aliphatic carbocycles. The van der Waals surface area contributed by atoms with Gasteiger partial charge in [-0.2, -0.15) is 4.98 Å². The fourth-order valence-electron chi connectivity index (χ4n) is 2.40. The van der Waals surface area contributed by atoms with E-state index in [2.05, 4.69) is 20.6 Å². The quantitative estimate of drug-likeness (QED) is 0.543. The zero-order valence-electron chi connectivity index (χ0n) is 13.6. The Balaban J connectivity index is 1.77. The molecule has 128 valence electrons. The second kappa shape index (κ2) is 6.70. The minimum Gasteiger partial charge on any atom is -0.308 e. The van der Waals surface area contributed by atoms with Crippen LogP contribution < -0.4 is 16.1 Å². The summed E-state index contributed by atoms with van der Waals surface area (Å²) in [5.74, 6) is -1.34. The molecular formula is C17H16FN5O2. The number of anilines is 3. The third kappa shape index (κ3) is 3.64. The van der Waals surface area contributed by atoms with E-state index in [1.54, 1.807) is 11.5 Å². The first-order chi connectivity index (χ1) is 12.0. The molecule has 0 spiro atoms. The minimum atomic E-state index is -0.793. The second-order valence-corrected chi connectivity index (χ2v) is 5.55. The highest BCUT2D eigenvalue weighted by Gasteiger charge is 2.13. The van der Waals surface area contributed by atoms with Crippen molar-refractivity contribution in [1.82, 2.24) is 9.97 Å². The lowest BCUT2D eigenvalue weighted by atomic mass is 10.1. The summed E-state index contributed by atoms with van der Waals surface area (Å²) in [6.45, 7) is 3.39. The average molecular weight is 341 g/mol. The Bertz CT molecular complexity index is 961. The van der Waals surface area contributed by atoms with Gasteiger partial charge in [-0.3, -0.25) is 10.5 Å². The first kappa shape index (κ1) is 16.6. The monoisotopic (exact) mass is 341 g/mol. The van der Waals surface area contributed by atoms with Crippen LogP contribution in [0.15, 0.2) is 36.4 Å². The summed E-state index contributed by atoms with van der Waals surface area (Å²) in [6, 6.07) is 11.0. The number of aromatic nitrogens is 2. The van der Waals surface area contributed by atoms with Gasteiger partial charge in [0, 0.05) is 5.69 Å². The van der Waals surface area contributed by atoms with Gasteiger partial charge in [0.05, 0.1) is 5.69 Å². The Kier molecular flexibility index (Phi) is 4.44. The Morgan fingerprint density at radius 2 is 1.80 bits per heavy atom. The molecule has 0 aliphatic rings. The normalized spacial score (nSPS) is 10.6. The smallest absolute Gasteiger partial charge is 0.308 e. The lowest BCUT2D eigenvalue weighted by molar-refractivity contribution is 0.262. The number of nitrogens with zero attached hydrogens (tertiary/aromatic N) is 2. The summed E-state index contributed by atoms with van der Waals surface area (Å²) in [4.78, 5) is 19.6. The Labute approximate surface area is 142 Å². The van der Waals surface area contributed by atoms with Crippen LogP contribution in [0.5, 0.6) is 0 Å². The number of fused-ring (bicyclic) bond motifs is 1. The highest BCUT2D eigenvalue weighted by Crippen LogP contribution is 2.21. The number of carbonyl (C=O) groups is 1. The maximum absolute atomic E-state index is 13.6. The van der Waals surface area contributed by atoms with E-state index in [4.69, 9.17) is 5.21 Å². The van der Waals surface area contributed by atoms with Gasteiger partial charge in [-0.1, -0.05) is 29.8 Å². The molecule has 8 heteroatoms. The molecule has 0 aliphatic heterocycles. The number of nitrogens with one attached hydrogen (secondary N) is 3. The molecular weight excluding hydrogens is 325 g/mol. The topological polar surface area (TPSA) is 99.2 Å². The van der Waals surface area contributed by atoms with Crippen molar-refractivity contribution in [1.29, 1.82) is 0 Å². The number of hydrogen-bond donors (Lipinski definition) is 4. The van der Waals surface area contributed by atoms with Gasteiger partial charge in [0.25, 0.3) is 0 Å². The number of hydrogen-bond acceptors (Lipinski definition) is 5. The van der Waals surface area contributed by atoms with Crippen molar-refractivity contribution in [3.05, 3.63) is 53.5 Å². The van der Waals surface area contributed by atoms with Crippen LogP contribution in [0.1, 0.15) is 11.3 Å². The van der Waals surface area contributed by atoms with Crippen LogP contribution in [0.2, 0.25) is 0 Å². The van der Waals surface area contributed by atoms with Crippen molar-refractivity contribution < 1.29 is 14.4 Å². The third-order valence-electron chi connectivity index (χ3n) is 3.60. The zero-order chi connectivity index (χ0) is 18.0. The van der Waals surface area contributed by atoms with Crippen LogP contribution in [0.4, 0.5) is 26.6 Å². The Morgan fingerprint density at radius 1 is 1.04 bits per heavy atom. The van der Waals surface area contributed by atoms with Gasteiger partial charge < -0.3 is 5.32 Å². The summed E-state index contributed by atoms with van der Waals surface area (Å²) in [5.41, 5.74) is 3.33. The Hall–Kier alpha value is -3.26. The molecule has 3 aromatic rings. The van der Waals surface area contributed by atoms with E-state index in [1.807, 2.05) is 37.3 Å². The van der Waals surface area contributed by atoms with E-state index >= 15 is 0 Å². The fraction of sp³-hybridized carbons (Fsp3) is 0.118. The van der Waals surface area contributed by atoms with Gasteiger partial charge in [-0.15, -0.1) is 0 Å². The van der Waals surface area contributed by atoms with Gasteiger partial charge in [0.1, 0.15) is 0 Å². The molecule has 0 saturated carbocycles. The first-order valence-electron chi connectivity index (χ1n) is 7.49. The molecule has 1 aromatic heterocycles. The molecule has 0 unspecified atom stereocenters. The molecule has 25 heavy (non-hydrogen) atoms. The van der Waals surface area contributed by atoms with E-state index in [0.717, 1.165) is 16.3 Å². The highest BCUT2D eigenvalue weighted by atomic mass is 19.1. The number of halogens is 1. The van der Waals surface area contributed by atoms with Crippen molar-refractivity contribution in [3.63, 3.8) is 0 Å². The number of aryl methyl sites for hydroxylation is 2. The number of rotatable bonds is 3. The zero-order valence-corrected chi connectivity index (χ0v) is 13.6. The van der Waals surface area contributed by atoms with Crippen molar-refractivity contribution in [2.45, 2.75) is 13.8 Å². The van der Waals surface area contributed by atoms with Crippen molar-refractivity contribution in [3.8, 4) is 0 Å². The van der Waals surface area contributed by atoms with Crippen LogP contribution in [0, 0.1) is 19.7 Å². The molecule has 0 bridgehead atoms. The van der Waals surface area contributed by atoms with Gasteiger partial charge in [0.15, 0.2) is 11.6 Å². The SMILES string of the molecule is Cc1ccc2ccc(NC(=O)Nc3nc(C)c(F)c(NO)n3)cc2c1. The van der Waals surface area contributed by atoms with Crippen LogP contribution >= 0.6 is 0 Å². The second-order valence-electron chi connectivity index (χ2n) is 5.55. The van der Waals surface area contributed by atoms with Crippen molar-refractivity contribution >= 4 is 34.3 Å². The summed E-state index contributed by atoms with van der Waals surface area (Å²) >= 11 is 0. The number of carbonyl (C=O) groups excluding carboxylic acids is 1. The van der Waals surface area contributed by atoms with Gasteiger partial charge in [-0.05, 0) is 36.8 Å². The van der Waals surface area contributed by atoms with E-state index in [0.29, 0.717) is 5.69 Å². The van der Waals surface area contributed by atoms with Crippen molar-refractivity contribution in [2.75, 3.05) is 16.1 Å². The van der Waals surface area contributed by atoms with Gasteiger partial charge in [-0.25, -0.2) is 19.6 Å². The maximum Gasteiger partial charge on any atom is 0.326 e. The van der Waals surface area contributed by atoms with Gasteiger partial charge >= 0.3 is 6.03 Å². The highest BCUT2D eigenvalue weighted by molar-refractivity contribution is 6.00. The summed E-state index contributed by atoms with van der Waals surface area (Å²) in [6.07, 6.45) is 0. The summed E-state index contributed by atoms with van der Waals surface area (Å²) < 4.78 is 13.6. The number of urea groups is 1. The van der Waals surface area contributed by atoms with Crippen LogP contribution in [0.25, 0.3) is 10.8 Å². The van der Waals surface area contributed by atoms with Crippen molar-refractivity contribution in [2.24, 2.45) is 0 Å².